The number of hydrogen-bond acceptors (Lipinski definition) is 4. The van der Waals surface area contributed by atoms with Gasteiger partial charge < -0.3 is 5.32 Å². The Bertz CT molecular complexity index is 860. The van der Waals surface area contributed by atoms with E-state index in [0.717, 1.165) is 0 Å². The Hall–Kier alpha value is -2.26. The second-order valence-corrected chi connectivity index (χ2v) is 7.38. The van der Waals surface area contributed by atoms with Gasteiger partial charge in [-0.2, -0.15) is 5.10 Å². The largest absolute Gasteiger partial charge is 0.355 e. The Kier molecular flexibility index (Phi) is 5.91. The molecule has 136 valence electrons. The minimum absolute atomic E-state index is 0.0608. The second-order valence-electron chi connectivity index (χ2n) is 5.67. The Morgan fingerprint density at radius 1 is 1.20 bits per heavy atom. The number of hydrogen-bond donors (Lipinski definition) is 2. The Labute approximate surface area is 146 Å². The standard InChI is InChI=1S/C16H21FN4O3S/c1-11-16(12(2)21(3)20-11)25(23,24)19-9-8-18-15(22)10-13-4-6-14(17)7-5-13/h4-7,19H,8-10H2,1-3H3,(H,18,22). The first-order valence-corrected chi connectivity index (χ1v) is 9.20. The molecular weight excluding hydrogens is 347 g/mol. The molecule has 0 saturated carbocycles. The van der Waals surface area contributed by atoms with Crippen molar-refractivity contribution in [3.05, 3.63) is 47.0 Å². The quantitative estimate of drug-likeness (QED) is 0.708. The third kappa shape index (κ3) is 4.86. The number of nitrogens with zero attached hydrogens (tertiary/aromatic N) is 2. The van der Waals surface area contributed by atoms with Crippen molar-refractivity contribution in [1.82, 2.24) is 19.8 Å². The summed E-state index contributed by atoms with van der Waals surface area (Å²) >= 11 is 0. The predicted octanol–water partition coefficient (Wildman–Crippen LogP) is 0.813. The van der Waals surface area contributed by atoms with Crippen molar-refractivity contribution in [2.45, 2.75) is 25.2 Å². The van der Waals surface area contributed by atoms with Gasteiger partial charge in [0.05, 0.1) is 17.8 Å². The lowest BCUT2D eigenvalue weighted by Gasteiger charge is -2.08. The average molecular weight is 368 g/mol. The zero-order valence-electron chi connectivity index (χ0n) is 14.3. The van der Waals surface area contributed by atoms with Gasteiger partial charge >= 0.3 is 0 Å². The minimum Gasteiger partial charge on any atom is -0.355 e. The van der Waals surface area contributed by atoms with E-state index >= 15 is 0 Å². The second kappa shape index (κ2) is 7.75. The highest BCUT2D eigenvalue weighted by Crippen LogP contribution is 2.17. The van der Waals surface area contributed by atoms with E-state index in [0.29, 0.717) is 17.0 Å². The highest BCUT2D eigenvalue weighted by molar-refractivity contribution is 7.89. The molecule has 0 fully saturated rings. The molecule has 0 spiro atoms. The van der Waals surface area contributed by atoms with Crippen molar-refractivity contribution >= 4 is 15.9 Å². The highest BCUT2D eigenvalue weighted by Gasteiger charge is 2.23. The number of rotatable bonds is 7. The van der Waals surface area contributed by atoms with Gasteiger partial charge in [-0.15, -0.1) is 0 Å². The maximum absolute atomic E-state index is 12.8. The minimum atomic E-state index is -3.69. The van der Waals surface area contributed by atoms with E-state index in [4.69, 9.17) is 0 Å². The van der Waals surface area contributed by atoms with Crippen LogP contribution in [0.3, 0.4) is 0 Å². The molecule has 2 aromatic rings. The first-order chi connectivity index (χ1) is 11.7. The van der Waals surface area contributed by atoms with Gasteiger partial charge in [-0.25, -0.2) is 17.5 Å². The van der Waals surface area contributed by atoms with Gasteiger partial charge in [0.25, 0.3) is 0 Å². The lowest BCUT2D eigenvalue weighted by Crippen LogP contribution is -2.35. The number of sulfonamides is 1. The first kappa shape index (κ1) is 19.1. The van der Waals surface area contributed by atoms with Crippen LogP contribution in [0.1, 0.15) is 17.0 Å². The molecular formula is C16H21FN4O3S. The zero-order chi connectivity index (χ0) is 18.6. The molecule has 2 rings (SSSR count). The molecule has 0 unspecified atom stereocenters. The Morgan fingerprint density at radius 2 is 1.84 bits per heavy atom. The molecule has 0 aliphatic heterocycles. The summed E-state index contributed by atoms with van der Waals surface area (Å²) in [6, 6.07) is 5.64. The lowest BCUT2D eigenvalue weighted by atomic mass is 10.1. The van der Waals surface area contributed by atoms with Gasteiger partial charge in [-0.3, -0.25) is 9.48 Å². The van der Waals surface area contributed by atoms with E-state index in [9.17, 15) is 17.6 Å². The van der Waals surface area contributed by atoms with Crippen molar-refractivity contribution in [1.29, 1.82) is 0 Å². The fourth-order valence-corrected chi connectivity index (χ4v) is 3.92. The van der Waals surface area contributed by atoms with Crippen molar-refractivity contribution in [2.24, 2.45) is 7.05 Å². The highest BCUT2D eigenvalue weighted by atomic mass is 32.2. The van der Waals surface area contributed by atoms with Crippen LogP contribution in [0.4, 0.5) is 4.39 Å². The summed E-state index contributed by atoms with van der Waals surface area (Å²) in [6.07, 6.45) is 0.105. The summed E-state index contributed by atoms with van der Waals surface area (Å²) < 4.78 is 41.5. The number of benzene rings is 1. The van der Waals surface area contributed by atoms with Crippen LogP contribution >= 0.6 is 0 Å². The van der Waals surface area contributed by atoms with Gasteiger partial charge in [-0.1, -0.05) is 12.1 Å². The van der Waals surface area contributed by atoms with Gasteiger partial charge in [0.15, 0.2) is 0 Å². The van der Waals surface area contributed by atoms with Crippen molar-refractivity contribution in [3.63, 3.8) is 0 Å². The van der Waals surface area contributed by atoms with Crippen LogP contribution in [-0.2, 0) is 28.3 Å². The first-order valence-electron chi connectivity index (χ1n) is 7.71. The van der Waals surface area contributed by atoms with Gasteiger partial charge in [-0.05, 0) is 31.5 Å². The van der Waals surface area contributed by atoms with Crippen molar-refractivity contribution in [3.8, 4) is 0 Å². The van der Waals surface area contributed by atoms with E-state index in [1.54, 1.807) is 20.9 Å². The Balaban J connectivity index is 1.84. The average Bonchev–Trinajstić information content (AvgIpc) is 2.79. The van der Waals surface area contributed by atoms with Crippen LogP contribution < -0.4 is 10.0 Å². The zero-order valence-corrected chi connectivity index (χ0v) is 15.2. The molecule has 1 heterocycles. The van der Waals surface area contributed by atoms with E-state index < -0.39 is 10.0 Å². The van der Waals surface area contributed by atoms with E-state index in [1.807, 2.05) is 0 Å². The number of carbonyl (C=O) groups excluding carboxylic acids is 1. The van der Waals surface area contributed by atoms with Crippen molar-refractivity contribution < 1.29 is 17.6 Å². The van der Waals surface area contributed by atoms with Gasteiger partial charge in [0.2, 0.25) is 15.9 Å². The SMILES string of the molecule is Cc1nn(C)c(C)c1S(=O)(=O)NCCNC(=O)Cc1ccc(F)cc1. The normalized spacial score (nSPS) is 11.5. The fraction of sp³-hybridized carbons (Fsp3) is 0.375. The molecule has 2 N–H and O–H groups in total. The predicted molar refractivity (Wildman–Crippen MR) is 91.0 cm³/mol. The molecule has 0 aliphatic rings. The van der Waals surface area contributed by atoms with Crippen LogP contribution in [0, 0.1) is 19.7 Å². The number of halogens is 1. The number of nitrogens with one attached hydrogen (secondary N) is 2. The van der Waals surface area contributed by atoms with Crippen LogP contribution in [0.25, 0.3) is 0 Å². The molecule has 0 aliphatic carbocycles. The van der Waals surface area contributed by atoms with Gasteiger partial charge in [0.1, 0.15) is 10.7 Å². The van der Waals surface area contributed by atoms with E-state index in [2.05, 4.69) is 15.1 Å². The number of aromatic nitrogens is 2. The van der Waals surface area contributed by atoms with Crippen LogP contribution in [0.15, 0.2) is 29.2 Å². The molecule has 1 aromatic carbocycles. The summed E-state index contributed by atoms with van der Waals surface area (Å²) in [5.41, 5.74) is 1.65. The summed E-state index contributed by atoms with van der Waals surface area (Å²) in [4.78, 5) is 12.0. The monoisotopic (exact) mass is 368 g/mol. The van der Waals surface area contributed by atoms with Crippen LogP contribution in [0.2, 0.25) is 0 Å². The number of aryl methyl sites for hydroxylation is 2. The van der Waals surface area contributed by atoms with Gasteiger partial charge in [0, 0.05) is 20.1 Å². The molecule has 25 heavy (non-hydrogen) atoms. The smallest absolute Gasteiger partial charge is 0.244 e. The number of carbonyl (C=O) groups is 1. The van der Waals surface area contributed by atoms with Crippen LogP contribution in [-0.4, -0.2) is 37.2 Å². The molecule has 1 amide bonds. The third-order valence-electron chi connectivity index (χ3n) is 3.73. The summed E-state index contributed by atoms with van der Waals surface area (Å²) in [5, 5.41) is 6.71. The van der Waals surface area contributed by atoms with Crippen molar-refractivity contribution in [2.75, 3.05) is 13.1 Å². The molecule has 1 aromatic heterocycles. The van der Waals surface area contributed by atoms with Crippen LogP contribution in [0.5, 0.6) is 0 Å². The third-order valence-corrected chi connectivity index (χ3v) is 5.44. The number of amides is 1. The maximum Gasteiger partial charge on any atom is 0.244 e. The Morgan fingerprint density at radius 3 is 2.40 bits per heavy atom. The lowest BCUT2D eigenvalue weighted by molar-refractivity contribution is -0.120. The fourth-order valence-electron chi connectivity index (χ4n) is 2.45. The molecule has 9 heteroatoms. The van der Waals surface area contributed by atoms with E-state index in [-0.39, 0.29) is 36.1 Å². The molecule has 7 nitrogen and oxygen atoms in total. The summed E-state index contributed by atoms with van der Waals surface area (Å²) in [6.45, 7) is 3.52. The molecule has 0 saturated heterocycles. The topological polar surface area (TPSA) is 93.1 Å². The maximum atomic E-state index is 12.8. The molecule has 0 radical (unpaired) electrons. The summed E-state index contributed by atoms with van der Waals surface area (Å²) in [5.74, 6) is -0.626. The van der Waals surface area contributed by atoms with E-state index in [1.165, 1.54) is 28.9 Å². The molecule has 0 atom stereocenters. The summed E-state index contributed by atoms with van der Waals surface area (Å²) in [7, 11) is -2.01. The molecule has 0 bridgehead atoms.